The zero-order chi connectivity index (χ0) is 13.5. The number of benzene rings is 1. The van der Waals surface area contributed by atoms with Gasteiger partial charge in [-0.25, -0.2) is 0 Å². The molecule has 4 nitrogen and oxygen atoms in total. The second-order valence-corrected chi connectivity index (χ2v) is 5.71. The molecule has 1 fully saturated rings. The molecule has 1 saturated heterocycles. The number of likely N-dealkylation sites (tertiary alicyclic amines) is 1. The molecule has 3 rings (SSSR count). The quantitative estimate of drug-likeness (QED) is 0.912. The molecule has 1 aromatic carbocycles. The standard InChI is InChI=1S/C15H21N3O/c1-3-8-15(19)10-18(11-15)9-13-12-6-4-5-7-14(12)17(2)16-13/h4-7,19H,3,8-11H2,1-2H3. The predicted molar refractivity (Wildman–Crippen MR) is 75.8 cm³/mol. The number of aryl methyl sites for hydroxylation is 1. The van der Waals surface area contributed by atoms with Crippen molar-refractivity contribution in [3.05, 3.63) is 30.0 Å². The summed E-state index contributed by atoms with van der Waals surface area (Å²) in [6, 6.07) is 8.31. The van der Waals surface area contributed by atoms with Crippen LogP contribution in [0.2, 0.25) is 0 Å². The van der Waals surface area contributed by atoms with Gasteiger partial charge in [0.15, 0.2) is 0 Å². The summed E-state index contributed by atoms with van der Waals surface area (Å²) < 4.78 is 1.93. The third-order valence-corrected chi connectivity index (χ3v) is 3.96. The minimum absolute atomic E-state index is 0.459. The van der Waals surface area contributed by atoms with Crippen molar-refractivity contribution in [2.45, 2.75) is 31.9 Å². The van der Waals surface area contributed by atoms with Crippen LogP contribution in [-0.4, -0.2) is 38.5 Å². The van der Waals surface area contributed by atoms with Crippen LogP contribution in [0.5, 0.6) is 0 Å². The van der Waals surface area contributed by atoms with E-state index in [-0.39, 0.29) is 0 Å². The maximum atomic E-state index is 10.2. The molecule has 2 aromatic rings. The van der Waals surface area contributed by atoms with Crippen molar-refractivity contribution in [3.8, 4) is 0 Å². The summed E-state index contributed by atoms with van der Waals surface area (Å²) >= 11 is 0. The minimum Gasteiger partial charge on any atom is -0.387 e. The maximum absolute atomic E-state index is 10.2. The van der Waals surface area contributed by atoms with Gasteiger partial charge in [-0.2, -0.15) is 5.10 Å². The average molecular weight is 259 g/mol. The molecule has 0 bridgehead atoms. The highest BCUT2D eigenvalue weighted by atomic mass is 16.3. The number of aromatic nitrogens is 2. The maximum Gasteiger partial charge on any atom is 0.0900 e. The number of nitrogens with zero attached hydrogens (tertiary/aromatic N) is 3. The number of para-hydroxylation sites is 1. The highest BCUT2D eigenvalue weighted by Gasteiger charge is 2.40. The van der Waals surface area contributed by atoms with E-state index in [1.165, 1.54) is 10.9 Å². The molecule has 1 N–H and O–H groups in total. The Hall–Kier alpha value is -1.39. The first-order valence-electron chi connectivity index (χ1n) is 6.97. The van der Waals surface area contributed by atoms with Crippen LogP contribution in [0.25, 0.3) is 10.9 Å². The van der Waals surface area contributed by atoms with Crippen molar-refractivity contribution in [1.82, 2.24) is 14.7 Å². The fourth-order valence-corrected chi connectivity index (χ4v) is 3.14. The molecule has 0 saturated carbocycles. The highest BCUT2D eigenvalue weighted by molar-refractivity contribution is 5.81. The van der Waals surface area contributed by atoms with Crippen molar-refractivity contribution < 1.29 is 5.11 Å². The Morgan fingerprint density at radius 3 is 2.79 bits per heavy atom. The zero-order valence-electron chi connectivity index (χ0n) is 11.6. The molecular weight excluding hydrogens is 238 g/mol. The van der Waals surface area contributed by atoms with Crippen LogP contribution in [0.4, 0.5) is 0 Å². The lowest BCUT2D eigenvalue weighted by molar-refractivity contribution is -0.107. The molecule has 0 amide bonds. The first-order chi connectivity index (χ1) is 9.11. The van der Waals surface area contributed by atoms with Gasteiger partial charge in [0.05, 0.1) is 16.8 Å². The van der Waals surface area contributed by atoms with E-state index in [2.05, 4.69) is 35.1 Å². The van der Waals surface area contributed by atoms with Crippen molar-refractivity contribution >= 4 is 10.9 Å². The molecule has 0 spiro atoms. The van der Waals surface area contributed by atoms with E-state index >= 15 is 0 Å². The van der Waals surface area contributed by atoms with Crippen molar-refractivity contribution in [1.29, 1.82) is 0 Å². The van der Waals surface area contributed by atoms with Gasteiger partial charge in [-0.05, 0) is 12.5 Å². The van der Waals surface area contributed by atoms with E-state index in [9.17, 15) is 5.11 Å². The normalized spacial score (nSPS) is 18.7. The van der Waals surface area contributed by atoms with Crippen LogP contribution in [-0.2, 0) is 13.6 Å². The lowest BCUT2D eigenvalue weighted by Crippen LogP contribution is -2.61. The van der Waals surface area contributed by atoms with Gasteiger partial charge in [0.1, 0.15) is 0 Å². The minimum atomic E-state index is -0.459. The molecule has 19 heavy (non-hydrogen) atoms. The topological polar surface area (TPSA) is 41.3 Å². The molecule has 2 heterocycles. The molecule has 0 unspecified atom stereocenters. The van der Waals surface area contributed by atoms with Gasteiger partial charge in [-0.1, -0.05) is 31.5 Å². The molecule has 0 radical (unpaired) electrons. The summed E-state index contributed by atoms with van der Waals surface area (Å²) in [5, 5.41) is 16.0. The van der Waals surface area contributed by atoms with Crippen LogP contribution in [0.15, 0.2) is 24.3 Å². The van der Waals surface area contributed by atoms with Gasteiger partial charge in [-0.15, -0.1) is 0 Å². The van der Waals surface area contributed by atoms with Crippen molar-refractivity contribution in [3.63, 3.8) is 0 Å². The van der Waals surface area contributed by atoms with Gasteiger partial charge >= 0.3 is 0 Å². The summed E-state index contributed by atoms with van der Waals surface area (Å²) in [5.41, 5.74) is 1.82. The van der Waals surface area contributed by atoms with Gasteiger partial charge in [-0.3, -0.25) is 9.58 Å². The fourth-order valence-electron chi connectivity index (χ4n) is 3.14. The Balaban J connectivity index is 1.74. The number of aliphatic hydroxyl groups is 1. The number of fused-ring (bicyclic) bond motifs is 1. The van der Waals surface area contributed by atoms with Crippen LogP contribution >= 0.6 is 0 Å². The fraction of sp³-hybridized carbons (Fsp3) is 0.533. The number of hydrogen-bond donors (Lipinski definition) is 1. The van der Waals surface area contributed by atoms with Crippen LogP contribution in [0.1, 0.15) is 25.5 Å². The van der Waals surface area contributed by atoms with Gasteiger partial charge in [0.2, 0.25) is 0 Å². The number of β-amino-alcohol motifs (C(OH)–C–C–N with tert-alkyl or cyclic N) is 1. The van der Waals surface area contributed by atoms with E-state index in [1.807, 2.05) is 17.8 Å². The molecule has 1 aliphatic heterocycles. The second kappa shape index (κ2) is 4.62. The first kappa shape index (κ1) is 12.6. The highest BCUT2D eigenvalue weighted by Crippen LogP contribution is 2.28. The third kappa shape index (κ3) is 2.26. The lowest BCUT2D eigenvalue weighted by atomic mass is 9.89. The van der Waals surface area contributed by atoms with Gasteiger partial charge < -0.3 is 5.11 Å². The third-order valence-electron chi connectivity index (χ3n) is 3.96. The Morgan fingerprint density at radius 1 is 1.32 bits per heavy atom. The molecule has 1 aromatic heterocycles. The van der Waals surface area contributed by atoms with Gasteiger partial charge in [0.25, 0.3) is 0 Å². The molecule has 102 valence electrons. The molecule has 0 aliphatic carbocycles. The Kier molecular flexibility index (Phi) is 3.07. The monoisotopic (exact) mass is 259 g/mol. The smallest absolute Gasteiger partial charge is 0.0900 e. The first-order valence-corrected chi connectivity index (χ1v) is 6.97. The summed E-state index contributed by atoms with van der Waals surface area (Å²) in [5.74, 6) is 0. The van der Waals surface area contributed by atoms with Crippen molar-refractivity contribution in [2.24, 2.45) is 7.05 Å². The Labute approximate surface area is 113 Å². The van der Waals surface area contributed by atoms with E-state index in [0.717, 1.165) is 38.2 Å². The molecule has 4 heteroatoms. The Morgan fingerprint density at radius 2 is 2.05 bits per heavy atom. The predicted octanol–water partition coefficient (Wildman–Crippen LogP) is 1.92. The number of hydrogen-bond acceptors (Lipinski definition) is 3. The second-order valence-electron chi connectivity index (χ2n) is 5.71. The van der Waals surface area contributed by atoms with Crippen LogP contribution in [0, 0.1) is 0 Å². The average Bonchev–Trinajstić information content (AvgIpc) is 2.66. The van der Waals surface area contributed by atoms with E-state index < -0.39 is 5.60 Å². The van der Waals surface area contributed by atoms with Crippen molar-refractivity contribution in [2.75, 3.05) is 13.1 Å². The van der Waals surface area contributed by atoms with Crippen LogP contribution < -0.4 is 0 Å². The molecular formula is C15H21N3O. The largest absolute Gasteiger partial charge is 0.387 e. The molecule has 1 aliphatic rings. The zero-order valence-corrected chi connectivity index (χ0v) is 11.6. The van der Waals surface area contributed by atoms with E-state index in [1.54, 1.807) is 0 Å². The van der Waals surface area contributed by atoms with Crippen LogP contribution in [0.3, 0.4) is 0 Å². The SMILES string of the molecule is CCCC1(O)CN(Cc2nn(C)c3ccccc23)C1. The van der Waals surface area contributed by atoms with E-state index in [0.29, 0.717) is 0 Å². The number of rotatable bonds is 4. The summed E-state index contributed by atoms with van der Waals surface area (Å²) in [7, 11) is 1.98. The van der Waals surface area contributed by atoms with Gasteiger partial charge in [0, 0.05) is 32.1 Å². The lowest BCUT2D eigenvalue weighted by Gasteiger charge is -2.46. The summed E-state index contributed by atoms with van der Waals surface area (Å²) in [6.45, 7) is 4.48. The van der Waals surface area contributed by atoms with E-state index in [4.69, 9.17) is 0 Å². The molecule has 0 atom stereocenters. The summed E-state index contributed by atoms with van der Waals surface area (Å²) in [6.07, 6.45) is 1.93. The Bertz CT molecular complexity index is 584. The summed E-state index contributed by atoms with van der Waals surface area (Å²) in [4.78, 5) is 2.27.